The van der Waals surface area contributed by atoms with E-state index in [0.29, 0.717) is 5.82 Å². The number of amides is 2. The van der Waals surface area contributed by atoms with Crippen molar-refractivity contribution in [2.24, 2.45) is 0 Å². The van der Waals surface area contributed by atoms with Gasteiger partial charge in [0, 0.05) is 31.9 Å². The first-order chi connectivity index (χ1) is 10.7. The molecule has 6 nitrogen and oxygen atoms in total. The molecule has 1 saturated heterocycles. The number of nitrogens with zero attached hydrogens (tertiary/aromatic N) is 3. The van der Waals surface area contributed by atoms with E-state index in [1.807, 2.05) is 25.2 Å². The fraction of sp³-hybridized carbons (Fsp3) is 0.375. The Morgan fingerprint density at radius 3 is 2.91 bits per heavy atom. The van der Waals surface area contributed by atoms with E-state index >= 15 is 0 Å². The van der Waals surface area contributed by atoms with Gasteiger partial charge in [-0.15, -0.1) is 0 Å². The molecule has 1 aromatic carbocycles. The number of hydrogen-bond acceptors (Lipinski definition) is 4. The monoisotopic (exact) mass is 300 g/mol. The van der Waals surface area contributed by atoms with Crippen molar-refractivity contribution in [2.45, 2.75) is 18.9 Å². The summed E-state index contributed by atoms with van der Waals surface area (Å²) in [5, 5.41) is 6.44. The number of aromatic nitrogens is 1. The number of carbonyl (C=O) groups excluding carboxylic acids is 1. The van der Waals surface area contributed by atoms with Gasteiger partial charge in [0.15, 0.2) is 5.82 Å². The molecule has 1 aliphatic rings. The minimum absolute atomic E-state index is 0.159. The molecule has 1 N–H and O–H groups in total. The Kier molecular flexibility index (Phi) is 4.27. The van der Waals surface area contributed by atoms with Gasteiger partial charge in [-0.2, -0.15) is 0 Å². The number of nitrogens with one attached hydrogen (secondary N) is 1. The van der Waals surface area contributed by atoms with Crippen LogP contribution in [-0.2, 0) is 0 Å². The highest BCUT2D eigenvalue weighted by Gasteiger charge is 2.26. The maximum absolute atomic E-state index is 12.3. The standard InChI is InChI=1S/C16H20N4O2/c1-19(16(21)17-15-9-11-22-18-15)14-8-5-10-20(12-14)13-6-3-2-4-7-13/h2-4,6-7,9,11,14H,5,8,10,12H2,1H3,(H,17,18,21). The summed E-state index contributed by atoms with van der Waals surface area (Å²) in [6.45, 7) is 1.87. The summed E-state index contributed by atoms with van der Waals surface area (Å²) in [5.41, 5.74) is 1.21. The van der Waals surface area contributed by atoms with E-state index in [1.54, 1.807) is 11.0 Å². The summed E-state index contributed by atoms with van der Waals surface area (Å²) in [6.07, 6.45) is 3.51. The fourth-order valence-corrected chi connectivity index (χ4v) is 2.78. The molecule has 0 saturated carbocycles. The van der Waals surface area contributed by atoms with Gasteiger partial charge >= 0.3 is 6.03 Å². The number of rotatable bonds is 3. The average molecular weight is 300 g/mol. The Balaban J connectivity index is 1.62. The average Bonchev–Trinajstić information content (AvgIpc) is 3.08. The predicted octanol–water partition coefficient (Wildman–Crippen LogP) is 2.81. The molecule has 1 aliphatic heterocycles. The number of anilines is 2. The SMILES string of the molecule is CN(C(=O)Nc1ccon1)C1CCCN(c2ccccc2)C1. The van der Waals surface area contributed by atoms with Gasteiger partial charge in [-0.05, 0) is 25.0 Å². The first-order valence-electron chi connectivity index (χ1n) is 7.48. The van der Waals surface area contributed by atoms with E-state index in [9.17, 15) is 4.79 Å². The molecule has 0 aliphatic carbocycles. The number of hydrogen-bond donors (Lipinski definition) is 1. The van der Waals surface area contributed by atoms with Gasteiger partial charge in [0.2, 0.25) is 0 Å². The van der Waals surface area contributed by atoms with Crippen LogP contribution in [0.1, 0.15) is 12.8 Å². The third kappa shape index (κ3) is 3.21. The molecule has 0 bridgehead atoms. The maximum Gasteiger partial charge on any atom is 0.323 e. The van der Waals surface area contributed by atoms with Crippen molar-refractivity contribution in [2.75, 3.05) is 30.4 Å². The predicted molar refractivity (Wildman–Crippen MR) is 85.0 cm³/mol. The highest BCUT2D eigenvalue weighted by molar-refractivity contribution is 5.88. The summed E-state index contributed by atoms with van der Waals surface area (Å²) in [6, 6.07) is 12.0. The van der Waals surface area contributed by atoms with Gasteiger partial charge in [-0.25, -0.2) is 4.79 Å². The molecule has 1 fully saturated rings. The number of urea groups is 1. The molecule has 1 aromatic heterocycles. The van der Waals surface area contributed by atoms with Gasteiger partial charge in [-0.3, -0.25) is 5.32 Å². The zero-order chi connectivity index (χ0) is 15.4. The van der Waals surface area contributed by atoms with Crippen LogP contribution in [0.4, 0.5) is 16.3 Å². The van der Waals surface area contributed by atoms with Crippen LogP contribution in [-0.4, -0.2) is 42.3 Å². The van der Waals surface area contributed by atoms with E-state index in [4.69, 9.17) is 4.52 Å². The number of para-hydroxylation sites is 1. The quantitative estimate of drug-likeness (QED) is 0.947. The van der Waals surface area contributed by atoms with Crippen LogP contribution in [0.25, 0.3) is 0 Å². The van der Waals surface area contributed by atoms with Crippen LogP contribution in [0, 0.1) is 0 Å². The Hall–Kier alpha value is -2.50. The molecule has 2 amide bonds. The van der Waals surface area contributed by atoms with Gasteiger partial charge < -0.3 is 14.3 Å². The van der Waals surface area contributed by atoms with E-state index < -0.39 is 0 Å². The van der Waals surface area contributed by atoms with Crippen LogP contribution < -0.4 is 10.2 Å². The largest absolute Gasteiger partial charge is 0.369 e. The maximum atomic E-state index is 12.3. The smallest absolute Gasteiger partial charge is 0.323 e. The lowest BCUT2D eigenvalue weighted by Crippen LogP contribution is -2.49. The summed E-state index contributed by atoms with van der Waals surface area (Å²) in [7, 11) is 1.83. The topological polar surface area (TPSA) is 61.6 Å². The van der Waals surface area contributed by atoms with E-state index in [0.717, 1.165) is 25.9 Å². The molecule has 1 atom stereocenters. The van der Waals surface area contributed by atoms with Crippen molar-refractivity contribution >= 4 is 17.5 Å². The highest BCUT2D eigenvalue weighted by Crippen LogP contribution is 2.22. The van der Waals surface area contributed by atoms with Gasteiger partial charge in [0.25, 0.3) is 0 Å². The van der Waals surface area contributed by atoms with Crippen molar-refractivity contribution in [3.8, 4) is 0 Å². The number of piperidine rings is 1. The number of likely N-dealkylation sites (N-methyl/N-ethyl adjacent to an activating group) is 1. The van der Waals surface area contributed by atoms with E-state index in [-0.39, 0.29) is 12.1 Å². The second-order valence-corrected chi connectivity index (χ2v) is 5.50. The minimum atomic E-state index is -0.159. The summed E-state index contributed by atoms with van der Waals surface area (Å²) >= 11 is 0. The molecular formula is C16H20N4O2. The Labute approximate surface area is 129 Å². The summed E-state index contributed by atoms with van der Waals surface area (Å²) in [4.78, 5) is 16.3. The summed E-state index contributed by atoms with van der Waals surface area (Å²) in [5.74, 6) is 0.438. The van der Waals surface area contributed by atoms with Crippen molar-refractivity contribution in [1.29, 1.82) is 0 Å². The van der Waals surface area contributed by atoms with Crippen molar-refractivity contribution in [3.63, 3.8) is 0 Å². The molecular weight excluding hydrogens is 280 g/mol. The van der Waals surface area contributed by atoms with Crippen molar-refractivity contribution < 1.29 is 9.32 Å². The lowest BCUT2D eigenvalue weighted by molar-refractivity contribution is 0.195. The van der Waals surface area contributed by atoms with Crippen LogP contribution in [0.3, 0.4) is 0 Å². The fourth-order valence-electron chi connectivity index (χ4n) is 2.78. The molecule has 116 valence electrons. The lowest BCUT2D eigenvalue weighted by atomic mass is 10.0. The number of carbonyl (C=O) groups is 1. The molecule has 0 spiro atoms. The van der Waals surface area contributed by atoms with Crippen LogP contribution in [0.2, 0.25) is 0 Å². The summed E-state index contributed by atoms with van der Waals surface area (Å²) < 4.78 is 4.72. The lowest BCUT2D eigenvalue weighted by Gasteiger charge is -2.38. The molecule has 6 heteroatoms. The molecule has 3 rings (SSSR count). The normalized spacial score (nSPS) is 18.0. The Morgan fingerprint density at radius 1 is 1.36 bits per heavy atom. The molecule has 1 unspecified atom stereocenters. The third-order valence-electron chi connectivity index (χ3n) is 4.06. The Bertz CT molecular complexity index is 600. The van der Waals surface area contributed by atoms with Crippen LogP contribution >= 0.6 is 0 Å². The van der Waals surface area contributed by atoms with Gasteiger partial charge in [0.05, 0.1) is 6.04 Å². The zero-order valence-electron chi connectivity index (χ0n) is 12.6. The van der Waals surface area contributed by atoms with Crippen molar-refractivity contribution in [3.05, 3.63) is 42.7 Å². The highest BCUT2D eigenvalue weighted by atomic mass is 16.5. The van der Waals surface area contributed by atoms with Crippen LogP contribution in [0.15, 0.2) is 47.2 Å². The molecule has 22 heavy (non-hydrogen) atoms. The molecule has 2 aromatic rings. The van der Waals surface area contributed by atoms with Crippen LogP contribution in [0.5, 0.6) is 0 Å². The minimum Gasteiger partial charge on any atom is -0.369 e. The Morgan fingerprint density at radius 2 is 2.18 bits per heavy atom. The van der Waals surface area contributed by atoms with Gasteiger partial charge in [-0.1, -0.05) is 23.4 Å². The second kappa shape index (κ2) is 6.51. The van der Waals surface area contributed by atoms with Crippen molar-refractivity contribution in [1.82, 2.24) is 10.1 Å². The van der Waals surface area contributed by atoms with Gasteiger partial charge in [0.1, 0.15) is 6.26 Å². The van der Waals surface area contributed by atoms with E-state index in [1.165, 1.54) is 12.0 Å². The zero-order valence-corrected chi connectivity index (χ0v) is 12.6. The first-order valence-corrected chi connectivity index (χ1v) is 7.48. The number of benzene rings is 1. The third-order valence-corrected chi connectivity index (χ3v) is 4.06. The first kappa shape index (κ1) is 14.4. The molecule has 2 heterocycles. The second-order valence-electron chi connectivity index (χ2n) is 5.50. The molecule has 0 radical (unpaired) electrons. The van der Waals surface area contributed by atoms with E-state index in [2.05, 4.69) is 27.5 Å².